The van der Waals surface area contributed by atoms with Gasteiger partial charge in [0.2, 0.25) is 0 Å². The highest BCUT2D eigenvalue weighted by Gasteiger charge is 2.26. The van der Waals surface area contributed by atoms with Crippen molar-refractivity contribution in [1.82, 2.24) is 0 Å². The molecule has 0 bridgehead atoms. The average Bonchev–Trinajstić information content (AvgIpc) is 3.07. The number of hydrogen-bond donors (Lipinski definition) is 0. The molecule has 0 aliphatic carbocycles. The van der Waals surface area contributed by atoms with Gasteiger partial charge in [-0.2, -0.15) is 0 Å². The number of benzene rings is 8. The molecule has 4 heterocycles. The molecule has 0 saturated heterocycles. The van der Waals surface area contributed by atoms with Crippen molar-refractivity contribution >= 4 is 126 Å². The van der Waals surface area contributed by atoms with Crippen LogP contribution in [0.3, 0.4) is 0 Å². The second-order valence-corrected chi connectivity index (χ2v) is 16.2. The Labute approximate surface area is 267 Å². The zero-order valence-corrected chi connectivity index (χ0v) is 26.3. The van der Waals surface area contributed by atoms with Crippen molar-refractivity contribution in [2.45, 2.75) is 0 Å². The molecule has 0 N–H and O–H groups in total. The fourth-order valence-corrected chi connectivity index (χ4v) is 12.8. The summed E-state index contributed by atoms with van der Waals surface area (Å²) in [7, 11) is 0. The number of rotatable bonds is 1. The number of hydrogen-bond acceptors (Lipinski definition) is 4. The molecule has 0 unspecified atom stereocenters. The Kier molecular flexibility index (Phi) is 4.12. The minimum atomic E-state index is 1.33. The van der Waals surface area contributed by atoms with E-state index in [9.17, 15) is 0 Å². The van der Waals surface area contributed by atoms with Crippen LogP contribution in [0, 0.1) is 0 Å². The average molecular weight is 627 g/mol. The highest BCUT2D eigenvalue weighted by molar-refractivity contribution is 7.28. The first kappa shape index (κ1) is 23.1. The SMILES string of the molecule is c1cc2ccc3sc4c(-c5ccc6ccc7sc8cccc9ccc%10sc5c6c7-c%10c98)ccc5ccc6sc(c1)c2c3-c6c54. The summed E-state index contributed by atoms with van der Waals surface area (Å²) in [4.78, 5) is 0. The Bertz CT molecular complexity index is 2840. The largest absolute Gasteiger partial charge is 0.135 e. The molecule has 0 amide bonds. The molecule has 0 radical (unpaired) electrons. The van der Waals surface area contributed by atoms with Crippen LogP contribution in [0.25, 0.3) is 114 Å². The predicted molar refractivity (Wildman–Crippen MR) is 199 cm³/mol. The summed E-state index contributed by atoms with van der Waals surface area (Å²) in [5, 5.41) is 11.0. The molecule has 0 aromatic heterocycles. The second kappa shape index (κ2) is 7.84. The van der Waals surface area contributed by atoms with E-state index in [1.807, 2.05) is 45.3 Å². The minimum Gasteiger partial charge on any atom is -0.135 e. The monoisotopic (exact) mass is 626 g/mol. The molecule has 12 rings (SSSR count). The fourth-order valence-electron chi connectivity index (χ4n) is 7.98. The van der Waals surface area contributed by atoms with E-state index in [0.29, 0.717) is 0 Å². The maximum absolute atomic E-state index is 2.39. The molecule has 4 aliphatic rings. The maximum atomic E-state index is 2.39. The molecule has 0 fully saturated rings. The summed E-state index contributed by atoms with van der Waals surface area (Å²) in [6, 6.07) is 41.7. The van der Waals surface area contributed by atoms with E-state index in [1.165, 1.54) is 114 Å². The lowest BCUT2D eigenvalue weighted by Gasteiger charge is -2.23. The highest BCUT2D eigenvalue weighted by atomic mass is 32.1. The highest BCUT2D eigenvalue weighted by Crippen LogP contribution is 2.56. The minimum absolute atomic E-state index is 1.33. The van der Waals surface area contributed by atoms with Crippen molar-refractivity contribution < 1.29 is 0 Å². The molecular weight excluding hydrogens is 609 g/mol. The first-order chi connectivity index (χ1) is 21.8. The quantitative estimate of drug-likeness (QED) is 0.126. The van der Waals surface area contributed by atoms with Crippen molar-refractivity contribution in [3.63, 3.8) is 0 Å². The summed E-state index contributed by atoms with van der Waals surface area (Å²) in [6.45, 7) is 0. The van der Waals surface area contributed by atoms with Crippen LogP contribution < -0.4 is 0 Å². The van der Waals surface area contributed by atoms with Gasteiger partial charge in [-0.3, -0.25) is 0 Å². The third-order valence-electron chi connectivity index (χ3n) is 9.79. The predicted octanol–water partition coefficient (Wildman–Crippen LogP) is 13.9. The van der Waals surface area contributed by atoms with Gasteiger partial charge in [0.05, 0.1) is 0 Å². The lowest BCUT2D eigenvalue weighted by Crippen LogP contribution is -1.94. The zero-order chi connectivity index (χ0) is 28.3. The van der Waals surface area contributed by atoms with Crippen molar-refractivity contribution in [2.24, 2.45) is 0 Å². The van der Waals surface area contributed by atoms with Gasteiger partial charge in [0.25, 0.3) is 0 Å². The van der Waals surface area contributed by atoms with Gasteiger partial charge >= 0.3 is 0 Å². The zero-order valence-electron chi connectivity index (χ0n) is 23.0. The molecule has 202 valence electrons. The molecular formula is C40H18S4. The summed E-state index contributed by atoms with van der Waals surface area (Å²) in [5.41, 5.74) is 8.43. The van der Waals surface area contributed by atoms with E-state index < -0.39 is 0 Å². The van der Waals surface area contributed by atoms with Crippen LogP contribution in [0.5, 0.6) is 0 Å². The van der Waals surface area contributed by atoms with Gasteiger partial charge in [-0.05, 0) is 57.9 Å². The third-order valence-corrected chi connectivity index (χ3v) is 14.4. The van der Waals surface area contributed by atoms with Crippen molar-refractivity contribution in [3.05, 3.63) is 109 Å². The normalized spacial score (nSPS) is 13.0. The smallest absolute Gasteiger partial charge is 0.0440 e. The lowest BCUT2D eigenvalue weighted by atomic mass is 9.89. The van der Waals surface area contributed by atoms with Crippen LogP contribution in [-0.4, -0.2) is 0 Å². The third kappa shape index (κ3) is 2.67. The van der Waals surface area contributed by atoms with E-state index in [4.69, 9.17) is 0 Å². The topological polar surface area (TPSA) is 0 Å². The Hall–Kier alpha value is -4.32. The first-order valence-corrected chi connectivity index (χ1v) is 18.1. The summed E-state index contributed by atoms with van der Waals surface area (Å²) in [6.07, 6.45) is 0. The van der Waals surface area contributed by atoms with Crippen LogP contribution in [0.4, 0.5) is 0 Å². The van der Waals surface area contributed by atoms with Gasteiger partial charge in [-0.25, -0.2) is 0 Å². The fraction of sp³-hybridized carbons (Fsp3) is 0. The van der Waals surface area contributed by atoms with E-state index in [-0.39, 0.29) is 0 Å². The molecule has 0 spiro atoms. The second-order valence-electron chi connectivity index (χ2n) is 12.0. The van der Waals surface area contributed by atoms with Crippen molar-refractivity contribution in [2.75, 3.05) is 0 Å². The van der Waals surface area contributed by atoms with Crippen LogP contribution >= 0.6 is 45.3 Å². The van der Waals surface area contributed by atoms with Gasteiger partial charge in [0, 0.05) is 92.5 Å². The van der Waals surface area contributed by atoms with E-state index >= 15 is 0 Å². The molecule has 44 heavy (non-hydrogen) atoms. The van der Waals surface area contributed by atoms with E-state index in [2.05, 4.69) is 109 Å². The molecule has 0 saturated carbocycles. The first-order valence-electron chi connectivity index (χ1n) is 14.8. The van der Waals surface area contributed by atoms with Gasteiger partial charge in [-0.1, -0.05) is 72.8 Å². The molecule has 4 heteroatoms. The maximum Gasteiger partial charge on any atom is 0.0440 e. The van der Waals surface area contributed by atoms with Crippen LogP contribution in [0.15, 0.2) is 109 Å². The molecule has 0 nitrogen and oxygen atoms in total. The standard InChI is InChI=1S/C40H18S4/c1-3-19-9-17-29-35-31(19)25(5-1)41-27-15-11-21-7-13-23(39(43-29)33(21)37(27)35)24-14-8-22-12-16-28-38-34(22)40(24)44-30-18-10-20-4-2-6-26(42-28)32(20)36(30)38/h1-18H. The lowest BCUT2D eigenvalue weighted by molar-refractivity contribution is 1.76. The Morgan fingerprint density at radius 2 is 0.636 bits per heavy atom. The Morgan fingerprint density at radius 3 is 1.09 bits per heavy atom. The molecule has 4 aliphatic heterocycles. The van der Waals surface area contributed by atoms with Gasteiger partial charge in [-0.15, -0.1) is 45.3 Å². The molecule has 0 atom stereocenters. The van der Waals surface area contributed by atoms with Crippen LogP contribution in [0.1, 0.15) is 0 Å². The van der Waals surface area contributed by atoms with Gasteiger partial charge in [0.15, 0.2) is 0 Å². The summed E-state index contributed by atoms with van der Waals surface area (Å²) in [5.74, 6) is 0. The summed E-state index contributed by atoms with van der Waals surface area (Å²) < 4.78 is 11.0. The van der Waals surface area contributed by atoms with Gasteiger partial charge in [0.1, 0.15) is 0 Å². The summed E-state index contributed by atoms with van der Waals surface area (Å²) >= 11 is 7.81. The van der Waals surface area contributed by atoms with E-state index in [0.717, 1.165) is 0 Å². The van der Waals surface area contributed by atoms with Crippen molar-refractivity contribution in [3.8, 4) is 33.4 Å². The Balaban J connectivity index is 1.28. The van der Waals surface area contributed by atoms with Crippen LogP contribution in [-0.2, 0) is 0 Å². The Morgan fingerprint density at radius 1 is 0.273 bits per heavy atom. The van der Waals surface area contributed by atoms with Crippen LogP contribution in [0.2, 0.25) is 0 Å². The van der Waals surface area contributed by atoms with E-state index in [1.54, 1.807) is 0 Å². The van der Waals surface area contributed by atoms with Gasteiger partial charge < -0.3 is 0 Å². The molecule has 8 aromatic rings. The molecule has 8 aromatic carbocycles. The van der Waals surface area contributed by atoms with Crippen molar-refractivity contribution in [1.29, 1.82) is 0 Å².